The van der Waals surface area contributed by atoms with Gasteiger partial charge in [-0.05, 0) is 12.5 Å². The van der Waals surface area contributed by atoms with Crippen LogP contribution in [0, 0.1) is 0 Å². The Kier molecular flexibility index (Phi) is 5.24. The van der Waals surface area contributed by atoms with Crippen molar-refractivity contribution in [2.75, 3.05) is 6.61 Å². The molecule has 22 heavy (non-hydrogen) atoms. The van der Waals surface area contributed by atoms with Gasteiger partial charge in [-0.15, -0.1) is 0 Å². The molecule has 2 N–H and O–H groups in total. The third kappa shape index (κ3) is 4.41. The summed E-state index contributed by atoms with van der Waals surface area (Å²) in [5, 5.41) is 6.34. The van der Waals surface area contributed by atoms with E-state index in [-0.39, 0.29) is 37.1 Å². The molecule has 0 aromatic heterocycles. The summed E-state index contributed by atoms with van der Waals surface area (Å²) in [5.74, 6) is -1.33. The van der Waals surface area contributed by atoms with Crippen LogP contribution in [0.3, 0.4) is 0 Å². The Balaban J connectivity index is 1.78. The number of benzene rings is 1. The van der Waals surface area contributed by atoms with Gasteiger partial charge in [0.05, 0.1) is 6.04 Å². The summed E-state index contributed by atoms with van der Waals surface area (Å²) in [7, 11) is 0. The van der Waals surface area contributed by atoms with Gasteiger partial charge in [0.25, 0.3) is 5.91 Å². The summed E-state index contributed by atoms with van der Waals surface area (Å²) < 4.78 is 4.88. The zero-order valence-corrected chi connectivity index (χ0v) is 12.2. The predicted molar refractivity (Wildman–Crippen MR) is 78.8 cm³/mol. The molecular formula is C15H17N3O4. The van der Waals surface area contributed by atoms with Gasteiger partial charge in [-0.3, -0.25) is 9.59 Å². The van der Waals surface area contributed by atoms with E-state index < -0.39 is 11.9 Å². The number of hydrogen-bond donors (Lipinski definition) is 2. The fourth-order valence-corrected chi connectivity index (χ4v) is 1.94. The lowest BCUT2D eigenvalue weighted by Gasteiger charge is -2.15. The number of rotatable bonds is 5. The normalized spacial score (nSPS) is 15.3. The van der Waals surface area contributed by atoms with Gasteiger partial charge < -0.3 is 10.1 Å². The van der Waals surface area contributed by atoms with E-state index in [4.69, 9.17) is 4.74 Å². The van der Waals surface area contributed by atoms with Crippen LogP contribution in [-0.2, 0) is 19.1 Å². The molecule has 0 saturated carbocycles. The number of amides is 2. The van der Waals surface area contributed by atoms with Gasteiger partial charge >= 0.3 is 5.97 Å². The zero-order chi connectivity index (χ0) is 15.9. The van der Waals surface area contributed by atoms with Crippen LogP contribution < -0.4 is 10.7 Å². The maximum absolute atomic E-state index is 11.8. The molecule has 0 bridgehead atoms. The van der Waals surface area contributed by atoms with Crippen molar-refractivity contribution in [3.8, 4) is 0 Å². The average molecular weight is 303 g/mol. The van der Waals surface area contributed by atoms with E-state index in [9.17, 15) is 14.4 Å². The van der Waals surface area contributed by atoms with Crippen LogP contribution in [0.4, 0.5) is 0 Å². The number of ether oxygens (including phenoxy) is 1. The summed E-state index contributed by atoms with van der Waals surface area (Å²) in [6.45, 7) is 1.46. The molecule has 1 aliphatic heterocycles. The second-order valence-electron chi connectivity index (χ2n) is 4.87. The van der Waals surface area contributed by atoms with E-state index in [0.29, 0.717) is 0 Å². The Hall–Kier alpha value is -2.70. The maximum atomic E-state index is 11.8. The first-order valence-electron chi connectivity index (χ1n) is 6.93. The third-order valence-corrected chi connectivity index (χ3v) is 3.15. The number of carbonyl (C=O) groups excluding carboxylic acids is 3. The van der Waals surface area contributed by atoms with Crippen molar-refractivity contribution < 1.29 is 19.1 Å². The van der Waals surface area contributed by atoms with Crippen molar-refractivity contribution >= 4 is 23.5 Å². The summed E-state index contributed by atoms with van der Waals surface area (Å²) in [5.41, 5.74) is 3.28. The van der Waals surface area contributed by atoms with E-state index in [1.165, 1.54) is 0 Å². The molecular weight excluding hydrogens is 286 g/mol. The van der Waals surface area contributed by atoms with E-state index in [1.54, 1.807) is 0 Å². The lowest BCUT2D eigenvalue weighted by atomic mass is 10.1. The van der Waals surface area contributed by atoms with Crippen molar-refractivity contribution in [1.82, 2.24) is 10.7 Å². The molecule has 0 unspecified atom stereocenters. The fourth-order valence-electron chi connectivity index (χ4n) is 1.94. The van der Waals surface area contributed by atoms with Gasteiger partial charge in [-0.1, -0.05) is 30.3 Å². The van der Waals surface area contributed by atoms with Gasteiger partial charge in [0.15, 0.2) is 6.61 Å². The van der Waals surface area contributed by atoms with E-state index in [2.05, 4.69) is 15.8 Å². The molecule has 7 heteroatoms. The Morgan fingerprint density at radius 3 is 2.68 bits per heavy atom. The van der Waals surface area contributed by atoms with E-state index in [0.717, 1.165) is 5.56 Å². The molecule has 0 spiro atoms. The highest BCUT2D eigenvalue weighted by atomic mass is 16.5. The van der Waals surface area contributed by atoms with Crippen LogP contribution in [0.15, 0.2) is 35.4 Å². The minimum atomic E-state index is -0.692. The molecule has 2 amide bonds. The molecule has 1 aliphatic rings. The number of nitrogens with zero attached hydrogens (tertiary/aromatic N) is 1. The largest absolute Gasteiger partial charge is 0.451 e. The minimum absolute atomic E-state index is 0.114. The first-order valence-corrected chi connectivity index (χ1v) is 6.93. The molecule has 0 aliphatic carbocycles. The quantitative estimate of drug-likeness (QED) is 0.781. The summed E-state index contributed by atoms with van der Waals surface area (Å²) in [4.78, 5) is 34.4. The maximum Gasteiger partial charge on any atom is 0.355 e. The topological polar surface area (TPSA) is 96.9 Å². The molecule has 1 aromatic carbocycles. The van der Waals surface area contributed by atoms with Crippen molar-refractivity contribution in [3.05, 3.63) is 35.9 Å². The van der Waals surface area contributed by atoms with Crippen molar-refractivity contribution in [2.45, 2.75) is 25.8 Å². The highest BCUT2D eigenvalue weighted by molar-refractivity contribution is 6.37. The first kappa shape index (κ1) is 15.7. The van der Waals surface area contributed by atoms with Gasteiger partial charge in [-0.2, -0.15) is 5.10 Å². The predicted octanol–water partition coefficient (Wildman–Crippen LogP) is 0.673. The third-order valence-electron chi connectivity index (χ3n) is 3.15. The van der Waals surface area contributed by atoms with Gasteiger partial charge in [0.1, 0.15) is 5.71 Å². The molecule has 1 atom stereocenters. The molecule has 7 nitrogen and oxygen atoms in total. The van der Waals surface area contributed by atoms with Crippen molar-refractivity contribution in [3.63, 3.8) is 0 Å². The van der Waals surface area contributed by atoms with Crippen molar-refractivity contribution in [2.24, 2.45) is 5.10 Å². The Bertz CT molecular complexity index is 598. The number of hydrazone groups is 1. The summed E-state index contributed by atoms with van der Waals surface area (Å²) in [6, 6.07) is 9.27. The molecule has 1 heterocycles. The SMILES string of the molecule is C[C@H](NC(=O)COC(=O)C1=NNC(=O)CC1)c1ccccc1. The van der Waals surface area contributed by atoms with E-state index in [1.807, 2.05) is 37.3 Å². The number of esters is 1. The summed E-state index contributed by atoms with van der Waals surface area (Å²) in [6.07, 6.45) is 0.401. The first-order chi connectivity index (χ1) is 10.6. The second-order valence-corrected chi connectivity index (χ2v) is 4.87. The highest BCUT2D eigenvalue weighted by Crippen LogP contribution is 2.10. The van der Waals surface area contributed by atoms with Crippen molar-refractivity contribution in [1.29, 1.82) is 0 Å². The van der Waals surface area contributed by atoms with Gasteiger partial charge in [0, 0.05) is 12.8 Å². The smallest absolute Gasteiger partial charge is 0.355 e. The number of carbonyl (C=O) groups is 3. The second kappa shape index (κ2) is 7.35. The molecule has 0 saturated heterocycles. The van der Waals surface area contributed by atoms with Gasteiger partial charge in [-0.25, -0.2) is 10.2 Å². The fraction of sp³-hybridized carbons (Fsp3) is 0.333. The van der Waals surface area contributed by atoms with Crippen LogP contribution in [-0.4, -0.2) is 30.1 Å². The van der Waals surface area contributed by atoms with Crippen LogP contribution in [0.2, 0.25) is 0 Å². The standard InChI is InChI=1S/C15H17N3O4/c1-10(11-5-3-2-4-6-11)16-14(20)9-22-15(21)12-7-8-13(19)18-17-12/h2-6,10H,7-9H2,1H3,(H,16,20)(H,18,19)/t10-/m0/s1. The zero-order valence-electron chi connectivity index (χ0n) is 12.2. The molecule has 116 valence electrons. The monoisotopic (exact) mass is 303 g/mol. The van der Waals surface area contributed by atoms with E-state index >= 15 is 0 Å². The van der Waals surface area contributed by atoms with Crippen LogP contribution >= 0.6 is 0 Å². The Labute approximate surface area is 127 Å². The molecule has 2 rings (SSSR count). The molecule has 1 aromatic rings. The Morgan fingerprint density at radius 1 is 1.32 bits per heavy atom. The van der Waals surface area contributed by atoms with Crippen LogP contribution in [0.5, 0.6) is 0 Å². The van der Waals surface area contributed by atoms with Crippen LogP contribution in [0.1, 0.15) is 31.4 Å². The lowest BCUT2D eigenvalue weighted by molar-refractivity contribution is -0.142. The number of hydrogen-bond acceptors (Lipinski definition) is 5. The Morgan fingerprint density at radius 2 is 2.05 bits per heavy atom. The average Bonchev–Trinajstić information content (AvgIpc) is 2.54. The van der Waals surface area contributed by atoms with Gasteiger partial charge in [0.2, 0.25) is 5.91 Å². The summed E-state index contributed by atoms with van der Waals surface area (Å²) >= 11 is 0. The minimum Gasteiger partial charge on any atom is -0.451 e. The number of nitrogens with one attached hydrogen (secondary N) is 2. The van der Waals surface area contributed by atoms with Crippen LogP contribution in [0.25, 0.3) is 0 Å². The molecule has 0 radical (unpaired) electrons. The highest BCUT2D eigenvalue weighted by Gasteiger charge is 2.20. The molecule has 0 fully saturated rings. The lowest BCUT2D eigenvalue weighted by Crippen LogP contribution is -2.34.